The minimum absolute atomic E-state index is 0.191. The zero-order chi connectivity index (χ0) is 44.8. The average Bonchev–Trinajstić information content (AvgIpc) is 3.25. The van der Waals surface area contributed by atoms with Crippen molar-refractivity contribution in [2.45, 2.75) is 270 Å². The lowest BCUT2D eigenvalue weighted by Crippen LogP contribution is -2.29. The molecule has 0 amide bonds. The van der Waals surface area contributed by atoms with Crippen molar-refractivity contribution >= 4 is 19.8 Å². The summed E-state index contributed by atoms with van der Waals surface area (Å²) < 4.78 is 32.9. The van der Waals surface area contributed by atoms with Crippen LogP contribution in [0.5, 0.6) is 0 Å². The second-order valence-corrected chi connectivity index (χ2v) is 19.0. The Morgan fingerprint density at radius 1 is 0.475 bits per heavy atom. The number of ether oxygens (including phenoxy) is 2. The maximum atomic E-state index is 12.7. The molecule has 11 heteroatoms. The van der Waals surface area contributed by atoms with Crippen molar-refractivity contribution in [2.24, 2.45) is 0 Å². The summed E-state index contributed by atoms with van der Waals surface area (Å²) in [7, 11) is -4.62. The van der Waals surface area contributed by atoms with E-state index in [2.05, 4.69) is 26.0 Å². The largest absolute Gasteiger partial charge is 0.472 e. The normalized spacial score (nSPS) is 13.7. The van der Waals surface area contributed by atoms with Gasteiger partial charge in [-0.2, -0.15) is 0 Å². The lowest BCUT2D eigenvalue weighted by molar-refractivity contribution is -0.161. The number of carbonyl (C=O) groups is 2. The van der Waals surface area contributed by atoms with Gasteiger partial charge in [0.15, 0.2) is 6.10 Å². The third-order valence-electron chi connectivity index (χ3n) is 11.4. The van der Waals surface area contributed by atoms with Crippen molar-refractivity contribution in [3.8, 4) is 0 Å². The van der Waals surface area contributed by atoms with Gasteiger partial charge in [0.1, 0.15) is 12.7 Å². The van der Waals surface area contributed by atoms with Crippen LogP contribution in [0.3, 0.4) is 0 Å². The molecule has 61 heavy (non-hydrogen) atoms. The molecule has 0 heterocycles. The Morgan fingerprint density at radius 2 is 0.803 bits per heavy atom. The second-order valence-electron chi connectivity index (χ2n) is 17.6. The van der Waals surface area contributed by atoms with Crippen LogP contribution >= 0.6 is 7.82 Å². The molecule has 3 N–H and O–H groups in total. The second kappa shape index (κ2) is 46.7. The topological polar surface area (TPSA) is 149 Å². The SMILES string of the molecule is CCCCCC/C=C/CCCCCCCCCCCC(=O)OC[C@H](COP(=O)(O)OC[C@@H](O)CO)OC(=O)CCCCCCCCCCCCCCCCCCCCCCC. The number of esters is 2. The standard InChI is InChI=1S/C50H97O10P/c1-3-5-7-9-11-13-15-17-19-21-22-23-24-26-28-30-32-34-36-38-40-42-50(54)60-48(46-59-61(55,56)58-44-47(52)43-51)45-57-49(53)41-39-37-35-33-31-29-27-25-20-18-16-14-12-10-8-6-4-2/h14,16,47-48,51-52H,3-13,15,17-46H2,1-2H3,(H,55,56)/b16-14+/t47-,48+/m0/s1. The van der Waals surface area contributed by atoms with E-state index in [1.807, 2.05) is 0 Å². The Hall–Kier alpha value is -1.29. The number of allylic oxidation sites excluding steroid dienone is 2. The fourth-order valence-corrected chi connectivity index (χ4v) is 8.25. The summed E-state index contributed by atoms with van der Waals surface area (Å²) in [6, 6.07) is 0. The third-order valence-corrected chi connectivity index (χ3v) is 12.4. The van der Waals surface area contributed by atoms with Gasteiger partial charge in [0, 0.05) is 12.8 Å². The third kappa shape index (κ3) is 46.5. The molecule has 0 aromatic carbocycles. The number of aliphatic hydroxyl groups excluding tert-OH is 2. The maximum absolute atomic E-state index is 12.7. The summed E-state index contributed by atoms with van der Waals surface area (Å²) in [4.78, 5) is 35.2. The molecule has 0 aliphatic carbocycles. The predicted octanol–water partition coefficient (Wildman–Crippen LogP) is 14.3. The fourth-order valence-electron chi connectivity index (χ4n) is 7.46. The van der Waals surface area contributed by atoms with Crippen LogP contribution in [-0.2, 0) is 32.7 Å². The first kappa shape index (κ1) is 59.7. The molecule has 10 nitrogen and oxygen atoms in total. The zero-order valence-corrected chi connectivity index (χ0v) is 40.5. The van der Waals surface area contributed by atoms with Crippen LogP contribution in [-0.4, -0.2) is 65.7 Å². The van der Waals surface area contributed by atoms with E-state index in [9.17, 15) is 24.2 Å². The van der Waals surface area contributed by atoms with Gasteiger partial charge in [-0.25, -0.2) is 4.57 Å². The molecular formula is C50H97O10P. The summed E-state index contributed by atoms with van der Waals surface area (Å²) in [5.41, 5.74) is 0. The van der Waals surface area contributed by atoms with E-state index in [4.69, 9.17) is 23.6 Å². The summed E-state index contributed by atoms with van der Waals surface area (Å²) in [5.74, 6) is -0.910. The van der Waals surface area contributed by atoms with Gasteiger partial charge in [0.25, 0.3) is 0 Å². The van der Waals surface area contributed by atoms with E-state index < -0.39 is 51.8 Å². The molecular weight excluding hydrogens is 792 g/mol. The Labute approximate surface area is 375 Å². The van der Waals surface area contributed by atoms with E-state index in [0.29, 0.717) is 12.8 Å². The first-order valence-corrected chi connectivity index (χ1v) is 27.1. The lowest BCUT2D eigenvalue weighted by Gasteiger charge is -2.20. The highest BCUT2D eigenvalue weighted by molar-refractivity contribution is 7.47. The van der Waals surface area contributed by atoms with Crippen LogP contribution < -0.4 is 0 Å². The molecule has 1 unspecified atom stereocenters. The summed E-state index contributed by atoms with van der Waals surface area (Å²) >= 11 is 0. The number of phosphoric acid groups is 1. The Kier molecular flexibility index (Phi) is 45.7. The van der Waals surface area contributed by atoms with Gasteiger partial charge in [-0.1, -0.05) is 219 Å². The number of unbranched alkanes of at least 4 members (excludes halogenated alkanes) is 33. The molecule has 0 aliphatic rings. The van der Waals surface area contributed by atoms with Crippen molar-refractivity contribution in [2.75, 3.05) is 26.4 Å². The van der Waals surface area contributed by atoms with Crippen LogP contribution in [0.25, 0.3) is 0 Å². The maximum Gasteiger partial charge on any atom is 0.472 e. The van der Waals surface area contributed by atoms with Gasteiger partial charge in [0.2, 0.25) is 0 Å². The number of carbonyl (C=O) groups excluding carboxylic acids is 2. The van der Waals surface area contributed by atoms with Crippen molar-refractivity contribution in [3.05, 3.63) is 12.2 Å². The minimum Gasteiger partial charge on any atom is -0.462 e. The van der Waals surface area contributed by atoms with E-state index >= 15 is 0 Å². The van der Waals surface area contributed by atoms with E-state index in [1.165, 1.54) is 180 Å². The van der Waals surface area contributed by atoms with E-state index in [-0.39, 0.29) is 19.4 Å². The van der Waals surface area contributed by atoms with Gasteiger partial charge < -0.3 is 24.6 Å². The molecule has 0 aromatic heterocycles. The molecule has 0 fully saturated rings. The van der Waals surface area contributed by atoms with Crippen molar-refractivity contribution in [3.63, 3.8) is 0 Å². The minimum atomic E-state index is -4.62. The molecule has 362 valence electrons. The van der Waals surface area contributed by atoms with Gasteiger partial charge in [-0.15, -0.1) is 0 Å². The molecule has 0 aromatic rings. The molecule has 0 rings (SSSR count). The Balaban J connectivity index is 4.14. The summed E-state index contributed by atoms with van der Waals surface area (Å²) in [6.07, 6.45) is 47.5. The molecule has 0 bridgehead atoms. The first-order valence-electron chi connectivity index (χ1n) is 25.6. The molecule has 0 aliphatic heterocycles. The Bertz CT molecular complexity index is 1020. The number of aliphatic hydroxyl groups is 2. The molecule has 0 saturated heterocycles. The number of phosphoric ester groups is 1. The van der Waals surface area contributed by atoms with Crippen LogP contribution in [0.2, 0.25) is 0 Å². The van der Waals surface area contributed by atoms with Crippen LogP contribution in [0, 0.1) is 0 Å². The molecule has 0 radical (unpaired) electrons. The van der Waals surface area contributed by atoms with Gasteiger partial charge in [0.05, 0.1) is 19.8 Å². The first-order chi connectivity index (χ1) is 29.7. The summed E-state index contributed by atoms with van der Waals surface area (Å²) in [6.45, 7) is 2.43. The van der Waals surface area contributed by atoms with Gasteiger partial charge in [-0.05, 0) is 38.5 Å². The molecule has 0 spiro atoms. The number of hydrogen-bond donors (Lipinski definition) is 3. The monoisotopic (exact) mass is 889 g/mol. The van der Waals surface area contributed by atoms with Crippen LogP contribution in [0.4, 0.5) is 0 Å². The predicted molar refractivity (Wildman–Crippen MR) is 252 cm³/mol. The number of rotatable bonds is 49. The lowest BCUT2D eigenvalue weighted by atomic mass is 10.0. The molecule has 3 atom stereocenters. The quantitative estimate of drug-likeness (QED) is 0.0233. The summed E-state index contributed by atoms with van der Waals surface area (Å²) in [5, 5.41) is 18.4. The Morgan fingerprint density at radius 3 is 1.20 bits per heavy atom. The smallest absolute Gasteiger partial charge is 0.462 e. The fraction of sp³-hybridized carbons (Fsp3) is 0.920. The van der Waals surface area contributed by atoms with Crippen LogP contribution in [0.1, 0.15) is 258 Å². The zero-order valence-electron chi connectivity index (χ0n) is 39.7. The molecule has 0 saturated carbocycles. The van der Waals surface area contributed by atoms with Crippen LogP contribution in [0.15, 0.2) is 12.2 Å². The highest BCUT2D eigenvalue weighted by atomic mass is 31.2. The van der Waals surface area contributed by atoms with E-state index in [0.717, 1.165) is 38.5 Å². The van der Waals surface area contributed by atoms with Crippen molar-refractivity contribution in [1.82, 2.24) is 0 Å². The van der Waals surface area contributed by atoms with Gasteiger partial charge in [-0.3, -0.25) is 18.6 Å². The van der Waals surface area contributed by atoms with Gasteiger partial charge >= 0.3 is 19.8 Å². The number of hydrogen-bond acceptors (Lipinski definition) is 9. The highest BCUT2D eigenvalue weighted by Crippen LogP contribution is 2.43. The van der Waals surface area contributed by atoms with Crippen molar-refractivity contribution < 1.29 is 47.8 Å². The van der Waals surface area contributed by atoms with E-state index in [1.54, 1.807) is 0 Å². The van der Waals surface area contributed by atoms with Crippen molar-refractivity contribution in [1.29, 1.82) is 0 Å². The average molecular weight is 889 g/mol. The highest BCUT2D eigenvalue weighted by Gasteiger charge is 2.27.